The maximum Gasteiger partial charge on any atom is 0.534 e. The van der Waals surface area contributed by atoms with E-state index in [1.807, 2.05) is 5.92 Å². The Bertz CT molecular complexity index is 2740. The number of hydrogen-bond acceptors (Lipinski definition) is 19. The number of ketones is 2. The molecule has 0 amide bonds. The number of ether oxygens (including phenoxy) is 6. The van der Waals surface area contributed by atoms with Gasteiger partial charge in [0, 0.05) is 79.1 Å². The molecule has 3 fully saturated rings. The van der Waals surface area contributed by atoms with E-state index < -0.39 is 96.2 Å². The second-order valence-corrected chi connectivity index (χ2v) is 30.6. The summed E-state index contributed by atoms with van der Waals surface area (Å²) < 4.78 is 232. The van der Waals surface area contributed by atoms with Crippen LogP contribution in [0.4, 0.5) is 57.1 Å². The SMILES string of the molecule is C=CCOC1CCC/C(O[Si](CC)(CC)CC)=C(/F)CC1.C=CCOC1CCCC(=O)C(F)(F)CC1.C=CCO[C@H]1CCC[C@@H](O)[C@H](F)CC1.COC1CC/C=C(/OS(=O)(=O)C(F)(F)F)C(F)(F)CC1.COC1CCC#CC(F)(F)CC1.COC1CCCC(=O)C(F)(F)CC1.O=C=O.O=C=O.O=C=O. The first kappa shape index (κ1) is 102. The quantitative estimate of drug-likeness (QED) is 0.0314. The molecular formula is C70H105F13O19SSi. The molecule has 600 valence electrons. The maximum absolute atomic E-state index is 14.4. The van der Waals surface area contributed by atoms with Crippen LogP contribution in [0.25, 0.3) is 0 Å². The number of rotatable bonds is 19. The van der Waals surface area contributed by atoms with Crippen molar-refractivity contribution in [2.75, 3.05) is 41.2 Å². The summed E-state index contributed by atoms with van der Waals surface area (Å²) in [4.78, 5) is 70.6. The molecule has 19 nitrogen and oxygen atoms in total. The van der Waals surface area contributed by atoms with Crippen molar-refractivity contribution in [3.8, 4) is 11.8 Å². The number of alkyl halides is 12. The van der Waals surface area contributed by atoms with Crippen LogP contribution in [0.5, 0.6) is 0 Å². The van der Waals surface area contributed by atoms with Gasteiger partial charge in [-0.3, -0.25) is 9.59 Å². The summed E-state index contributed by atoms with van der Waals surface area (Å²) in [5.74, 6) is -11.2. The van der Waals surface area contributed by atoms with E-state index in [0.717, 1.165) is 56.7 Å². The molecule has 0 aromatic carbocycles. The number of carbonyl (C=O) groups excluding carboxylic acids is 8. The first-order valence-corrected chi connectivity index (χ1v) is 38.2. The van der Waals surface area contributed by atoms with Crippen molar-refractivity contribution in [2.24, 2.45) is 0 Å². The minimum Gasteiger partial charge on any atom is -0.545 e. The first-order valence-electron chi connectivity index (χ1n) is 34.3. The van der Waals surface area contributed by atoms with Crippen LogP contribution in [0.1, 0.15) is 201 Å². The average Bonchev–Trinajstić information content (AvgIpc) is 0.805. The normalized spacial score (nSPS) is 25.8. The lowest BCUT2D eigenvalue weighted by Gasteiger charge is -2.32. The molecule has 6 aliphatic carbocycles. The molecule has 0 spiro atoms. The zero-order chi connectivity index (χ0) is 80.1. The predicted molar refractivity (Wildman–Crippen MR) is 356 cm³/mol. The highest BCUT2D eigenvalue weighted by Crippen LogP contribution is 2.39. The zero-order valence-electron chi connectivity index (χ0n) is 60.2. The molecule has 0 aromatic rings. The molecule has 104 heavy (non-hydrogen) atoms. The summed E-state index contributed by atoms with van der Waals surface area (Å²) in [6.45, 7) is 18.7. The van der Waals surface area contributed by atoms with E-state index in [1.165, 1.54) is 14.2 Å². The van der Waals surface area contributed by atoms with Crippen LogP contribution in [-0.2, 0) is 85.5 Å². The van der Waals surface area contributed by atoms with Crippen molar-refractivity contribution in [2.45, 2.75) is 297 Å². The number of Topliss-reactive ketones (excluding diaryl/α,β-unsaturated/α-hetero) is 2. The molecular weight excluding hydrogens is 1450 g/mol. The van der Waals surface area contributed by atoms with Crippen molar-refractivity contribution in [3.63, 3.8) is 0 Å². The average molecular weight is 1560 g/mol. The fourth-order valence-electron chi connectivity index (χ4n) is 10.8. The van der Waals surface area contributed by atoms with E-state index in [4.69, 9.17) is 61.6 Å². The highest BCUT2D eigenvalue weighted by atomic mass is 32.2. The molecule has 6 aliphatic rings. The van der Waals surface area contributed by atoms with Gasteiger partial charge in [0.15, 0.2) is 5.76 Å². The van der Waals surface area contributed by atoms with Gasteiger partial charge >= 0.3 is 57.8 Å². The van der Waals surface area contributed by atoms with Crippen molar-refractivity contribution in [1.29, 1.82) is 0 Å². The van der Waals surface area contributed by atoms with Gasteiger partial charge in [-0.25, -0.2) is 8.78 Å². The second kappa shape index (κ2) is 56.6. The second-order valence-electron chi connectivity index (χ2n) is 24.3. The number of allylic oxidation sites excluding steroid dienone is 4. The standard InChI is InChI=1S/C17H31FO2Si.C11H16F2O2.C11H19FO2.C10H13F5O4S.C9H14F2O2.C9H12F2O.3CO2/c1-5-14-19-15-10-9-11-17(16(18)13-12-15)20-21(6-2,7-3)8-4;1-2-8-15-9-4-3-5-10(14)11(12,13)7-6-9;1-2-8-14-9-4-3-5-11(13)10(12)7-6-9;1-18-7-3-2-4-8(9(11,12)6-5-7)19-20(16,17)10(13,14)15;1-13-7-3-2-4-8(12)9(10,11)6-5-7;1-12-8-4-2-3-6-9(10,11)7-5-8;3*2-1-3/h5,15H,1,6-14H2,2-4H3;2,9H,1,3-8H2;2,9-11,13H,1,3-8H2;4,7H,2-3,5-6H2,1H3;7H,2-6H2,1H3;8H,2,4-5,7H2,1H3;;;/b17-16-;;;8-4+;;;;;/t;;9-,10+,11+;;;;;;/m..0....../s1. The van der Waals surface area contributed by atoms with Crippen LogP contribution in [0.3, 0.4) is 0 Å². The summed E-state index contributed by atoms with van der Waals surface area (Å²) in [6, 6.07) is 3.17. The summed E-state index contributed by atoms with van der Waals surface area (Å²) >= 11 is 0. The number of carbonyl (C=O) groups is 2. The number of methoxy groups -OCH3 is 3. The van der Waals surface area contributed by atoms with Gasteiger partial charge in [0.25, 0.3) is 0 Å². The molecule has 0 radical (unpaired) electrons. The third-order valence-electron chi connectivity index (χ3n) is 17.1. The van der Waals surface area contributed by atoms with Gasteiger partial charge in [-0.1, -0.05) is 44.9 Å². The minimum absolute atomic E-state index is 0.0210. The molecule has 6 rings (SSSR count). The van der Waals surface area contributed by atoms with Crippen LogP contribution in [0, 0.1) is 11.8 Å². The fraction of sp³-hybridized carbons (Fsp3) is 0.757. The van der Waals surface area contributed by atoms with Crippen molar-refractivity contribution >= 4 is 48.5 Å². The Kier molecular flexibility index (Phi) is 55.8. The van der Waals surface area contributed by atoms with Crippen LogP contribution >= 0.6 is 0 Å². The largest absolute Gasteiger partial charge is 0.545 e. The lowest BCUT2D eigenvalue weighted by Crippen LogP contribution is -2.35. The van der Waals surface area contributed by atoms with Crippen molar-refractivity contribution in [1.82, 2.24) is 0 Å². The fourth-order valence-corrected chi connectivity index (χ4v) is 14.0. The Morgan fingerprint density at radius 3 is 1.40 bits per heavy atom. The van der Waals surface area contributed by atoms with Gasteiger partial charge < -0.3 is 42.1 Å². The predicted octanol–water partition coefficient (Wildman–Crippen LogP) is 16.3. The molecule has 8 atom stereocenters. The number of hydrogen-bond donors (Lipinski definition) is 1. The lowest BCUT2D eigenvalue weighted by atomic mass is 9.95. The third-order valence-corrected chi connectivity index (χ3v) is 22.6. The maximum atomic E-state index is 14.4. The van der Waals surface area contributed by atoms with Crippen LogP contribution in [0.15, 0.2) is 61.4 Å². The molecule has 3 saturated carbocycles. The van der Waals surface area contributed by atoms with Gasteiger partial charge in [-0.2, -0.15) is 85.5 Å². The van der Waals surface area contributed by atoms with Crippen LogP contribution in [-0.4, -0.2) is 171 Å². The van der Waals surface area contributed by atoms with E-state index in [-0.39, 0.29) is 113 Å². The molecule has 1 N–H and O–H groups in total. The Morgan fingerprint density at radius 1 is 0.558 bits per heavy atom. The van der Waals surface area contributed by atoms with E-state index in [9.17, 15) is 80.2 Å². The zero-order valence-corrected chi connectivity index (χ0v) is 62.0. The summed E-state index contributed by atoms with van der Waals surface area (Å²) in [6.07, 6.45) is 14.1. The van der Waals surface area contributed by atoms with E-state index >= 15 is 0 Å². The highest BCUT2D eigenvalue weighted by Gasteiger charge is 2.52. The molecule has 0 saturated heterocycles. The van der Waals surface area contributed by atoms with E-state index in [1.54, 1.807) is 25.3 Å². The summed E-state index contributed by atoms with van der Waals surface area (Å²) in [7, 11) is -3.45. The molecule has 5 unspecified atom stereocenters. The van der Waals surface area contributed by atoms with Crippen molar-refractivity contribution in [3.05, 3.63) is 61.4 Å². The van der Waals surface area contributed by atoms with Crippen LogP contribution < -0.4 is 0 Å². The minimum atomic E-state index is -6.10. The molecule has 0 bridgehead atoms. The monoisotopic (exact) mass is 1560 g/mol. The Hall–Kier alpha value is -5.68. The lowest BCUT2D eigenvalue weighted by molar-refractivity contribution is -0.193. The molecule has 0 aromatic heterocycles. The third kappa shape index (κ3) is 45.7. The van der Waals surface area contributed by atoms with Gasteiger partial charge in [0.2, 0.25) is 19.9 Å². The summed E-state index contributed by atoms with van der Waals surface area (Å²) in [5.41, 5.74) is -5.75. The molecule has 0 heterocycles. The Morgan fingerprint density at radius 2 is 0.952 bits per heavy atom. The van der Waals surface area contributed by atoms with Crippen LogP contribution in [0.2, 0.25) is 18.1 Å². The van der Waals surface area contributed by atoms with E-state index in [2.05, 4.69) is 50.6 Å². The van der Waals surface area contributed by atoms with Gasteiger partial charge in [0.1, 0.15) is 17.8 Å². The number of aliphatic hydroxyl groups is 1. The summed E-state index contributed by atoms with van der Waals surface area (Å²) in [5, 5.41) is 9.31. The topological polar surface area (TPSA) is 265 Å². The van der Waals surface area contributed by atoms with Crippen molar-refractivity contribution < 1.29 is 146 Å². The first-order chi connectivity index (χ1) is 48.8. The van der Waals surface area contributed by atoms with E-state index in [0.29, 0.717) is 102 Å². The highest BCUT2D eigenvalue weighted by molar-refractivity contribution is 7.87. The number of halogens is 13. The van der Waals surface area contributed by atoms with Gasteiger partial charge in [0.05, 0.1) is 62.5 Å². The van der Waals surface area contributed by atoms with Gasteiger partial charge in [-0.05, 0) is 152 Å². The smallest absolute Gasteiger partial charge is 0.534 e. The van der Waals surface area contributed by atoms with Gasteiger partial charge in [-0.15, -0.1) is 19.7 Å². The number of aliphatic hydroxyl groups excluding tert-OH is 1. The Labute approximate surface area is 603 Å². The Balaban J connectivity index is -0.00000116. The molecule has 0 aliphatic heterocycles. The molecule has 34 heteroatoms.